The Morgan fingerprint density at radius 3 is 2.75 bits per heavy atom. The van der Waals surface area contributed by atoms with Crippen molar-refractivity contribution in [3.05, 3.63) is 33.9 Å². The Morgan fingerprint density at radius 1 is 1.50 bits per heavy atom. The number of ether oxygens (including phenoxy) is 1. The number of nitro benzene ring substituents is 1. The van der Waals surface area contributed by atoms with Crippen LogP contribution >= 0.6 is 0 Å². The number of amides is 1. The molecule has 0 saturated heterocycles. The summed E-state index contributed by atoms with van der Waals surface area (Å²) in [5, 5.41) is 30.0. The third-order valence-electron chi connectivity index (χ3n) is 2.13. The summed E-state index contributed by atoms with van der Waals surface area (Å²) in [5.74, 6) is -2.04. The van der Waals surface area contributed by atoms with E-state index in [1.165, 1.54) is 6.07 Å². The first-order chi connectivity index (χ1) is 9.45. The second kappa shape index (κ2) is 6.69. The Kier molecular flexibility index (Phi) is 4.99. The molecule has 0 spiro atoms. The number of nitro groups is 1. The minimum absolute atomic E-state index is 0.0000997. The summed E-state index contributed by atoms with van der Waals surface area (Å²) >= 11 is 0. The lowest BCUT2D eigenvalue weighted by Crippen LogP contribution is -2.29. The lowest BCUT2D eigenvalue weighted by atomic mass is 10.1. The van der Waals surface area contributed by atoms with Gasteiger partial charge in [-0.25, -0.2) is 4.79 Å². The molecule has 1 rings (SSSR count). The summed E-state index contributed by atoms with van der Waals surface area (Å²) in [6.07, 6.45) is 0. The highest BCUT2D eigenvalue weighted by Crippen LogP contribution is 2.24. The Bertz CT molecular complexity index is 592. The maximum Gasteiger partial charge on any atom is 0.342 e. The van der Waals surface area contributed by atoms with Crippen LogP contribution in [0, 0.1) is 21.4 Å². The highest BCUT2D eigenvalue weighted by Gasteiger charge is 2.20. The zero-order valence-corrected chi connectivity index (χ0v) is 10.0. The largest absolute Gasteiger partial charge is 0.484 e. The molecule has 1 aromatic rings. The second-order valence-electron chi connectivity index (χ2n) is 3.46. The van der Waals surface area contributed by atoms with Gasteiger partial charge in [-0.3, -0.25) is 14.9 Å². The van der Waals surface area contributed by atoms with E-state index < -0.39 is 34.7 Å². The van der Waals surface area contributed by atoms with Crippen molar-refractivity contribution in [3.8, 4) is 11.8 Å². The second-order valence-corrected chi connectivity index (χ2v) is 3.46. The van der Waals surface area contributed by atoms with Gasteiger partial charge in [0, 0.05) is 12.1 Å². The first kappa shape index (κ1) is 14.9. The number of carboxylic acid groups (broad SMARTS) is 1. The molecule has 2 N–H and O–H groups in total. The number of benzene rings is 1. The standard InChI is InChI=1S/C11H9N3O6/c12-3-4-13-10(15)6-20-7-1-2-9(14(18)19)8(5-7)11(16)17/h1-2,5H,4,6H2,(H,13,15)(H,16,17). The van der Waals surface area contributed by atoms with Gasteiger partial charge in [-0.05, 0) is 6.07 Å². The highest BCUT2D eigenvalue weighted by molar-refractivity contribution is 5.92. The fourth-order valence-corrected chi connectivity index (χ4v) is 1.27. The van der Waals surface area contributed by atoms with Crippen LogP contribution in [-0.4, -0.2) is 35.1 Å². The van der Waals surface area contributed by atoms with Gasteiger partial charge < -0.3 is 15.2 Å². The summed E-state index contributed by atoms with van der Waals surface area (Å²) in [5.41, 5.74) is -1.11. The molecular weight excluding hydrogens is 270 g/mol. The number of nitrogens with one attached hydrogen (secondary N) is 1. The van der Waals surface area contributed by atoms with Crippen molar-refractivity contribution < 1.29 is 24.4 Å². The molecule has 0 aliphatic carbocycles. The van der Waals surface area contributed by atoms with Gasteiger partial charge in [0.15, 0.2) is 6.61 Å². The number of carbonyl (C=O) groups excluding carboxylic acids is 1. The molecule has 0 aromatic heterocycles. The van der Waals surface area contributed by atoms with Gasteiger partial charge in [-0.15, -0.1) is 0 Å². The number of hydrogen-bond donors (Lipinski definition) is 2. The maximum atomic E-state index is 11.2. The lowest BCUT2D eigenvalue weighted by molar-refractivity contribution is -0.385. The van der Waals surface area contributed by atoms with Crippen molar-refractivity contribution in [2.24, 2.45) is 0 Å². The monoisotopic (exact) mass is 279 g/mol. The van der Waals surface area contributed by atoms with Crippen LogP contribution in [0.15, 0.2) is 18.2 Å². The molecule has 104 valence electrons. The van der Waals surface area contributed by atoms with Crippen LogP contribution in [0.25, 0.3) is 0 Å². The van der Waals surface area contributed by atoms with E-state index in [1.807, 2.05) is 0 Å². The lowest BCUT2D eigenvalue weighted by Gasteiger charge is -2.06. The van der Waals surface area contributed by atoms with Gasteiger partial charge in [0.05, 0.1) is 11.0 Å². The summed E-state index contributed by atoms with van der Waals surface area (Å²) in [4.78, 5) is 31.8. The Balaban J connectivity index is 2.81. The molecule has 1 aromatic carbocycles. The van der Waals surface area contributed by atoms with Crippen molar-refractivity contribution in [2.45, 2.75) is 0 Å². The van der Waals surface area contributed by atoms with E-state index in [1.54, 1.807) is 6.07 Å². The van der Waals surface area contributed by atoms with E-state index in [0.717, 1.165) is 12.1 Å². The van der Waals surface area contributed by atoms with Crippen molar-refractivity contribution >= 4 is 17.6 Å². The predicted molar refractivity (Wildman–Crippen MR) is 64.2 cm³/mol. The molecule has 0 heterocycles. The Morgan fingerprint density at radius 2 is 2.20 bits per heavy atom. The van der Waals surface area contributed by atoms with Crippen LogP contribution in [0.5, 0.6) is 5.75 Å². The molecule has 0 fully saturated rings. The third-order valence-corrected chi connectivity index (χ3v) is 2.13. The van der Waals surface area contributed by atoms with Gasteiger partial charge in [0.25, 0.3) is 11.6 Å². The van der Waals surface area contributed by atoms with Crippen LogP contribution in [0.1, 0.15) is 10.4 Å². The van der Waals surface area contributed by atoms with Gasteiger partial charge in [-0.1, -0.05) is 0 Å². The normalized spacial score (nSPS) is 9.35. The number of carboxylic acids is 1. The number of nitrogens with zero attached hydrogens (tertiary/aromatic N) is 2. The number of carbonyl (C=O) groups is 2. The zero-order valence-electron chi connectivity index (χ0n) is 10.0. The average Bonchev–Trinajstić information content (AvgIpc) is 2.42. The fourth-order valence-electron chi connectivity index (χ4n) is 1.27. The van der Waals surface area contributed by atoms with Crippen LogP contribution in [-0.2, 0) is 4.79 Å². The molecule has 0 atom stereocenters. The van der Waals surface area contributed by atoms with Crippen molar-refractivity contribution in [1.82, 2.24) is 5.32 Å². The molecule has 9 nitrogen and oxygen atoms in total. The molecular formula is C11H9N3O6. The summed E-state index contributed by atoms with van der Waals surface area (Å²) in [7, 11) is 0. The number of nitriles is 1. The average molecular weight is 279 g/mol. The van der Waals surface area contributed by atoms with Gasteiger partial charge in [0.1, 0.15) is 17.9 Å². The molecule has 1 amide bonds. The SMILES string of the molecule is N#CCNC(=O)COc1ccc([N+](=O)[O-])c(C(=O)O)c1. The summed E-state index contributed by atoms with van der Waals surface area (Å²) < 4.78 is 4.98. The minimum Gasteiger partial charge on any atom is -0.484 e. The molecule has 0 unspecified atom stereocenters. The summed E-state index contributed by atoms with van der Waals surface area (Å²) in [6.45, 7) is -0.610. The van der Waals surface area contributed by atoms with E-state index in [2.05, 4.69) is 5.32 Å². The topological polar surface area (TPSA) is 143 Å². The Hall–Kier alpha value is -3.15. The van der Waals surface area contributed by atoms with Crippen molar-refractivity contribution in [1.29, 1.82) is 5.26 Å². The molecule has 9 heteroatoms. The van der Waals surface area contributed by atoms with Gasteiger partial charge >= 0.3 is 5.97 Å². The van der Waals surface area contributed by atoms with Crippen LogP contribution < -0.4 is 10.1 Å². The highest BCUT2D eigenvalue weighted by atomic mass is 16.6. The van der Waals surface area contributed by atoms with Gasteiger partial charge in [0.2, 0.25) is 0 Å². The van der Waals surface area contributed by atoms with Crippen LogP contribution in [0.3, 0.4) is 0 Å². The first-order valence-electron chi connectivity index (χ1n) is 5.24. The zero-order chi connectivity index (χ0) is 15.1. The van der Waals surface area contributed by atoms with E-state index in [-0.39, 0.29) is 12.3 Å². The Labute approximate surface area is 112 Å². The molecule has 0 aliphatic heterocycles. The van der Waals surface area contributed by atoms with Crippen molar-refractivity contribution in [2.75, 3.05) is 13.2 Å². The quantitative estimate of drug-likeness (QED) is 0.433. The minimum atomic E-state index is -1.48. The van der Waals surface area contributed by atoms with Crippen LogP contribution in [0.2, 0.25) is 0 Å². The molecule has 20 heavy (non-hydrogen) atoms. The molecule has 0 aliphatic rings. The first-order valence-corrected chi connectivity index (χ1v) is 5.24. The number of hydrogen-bond acceptors (Lipinski definition) is 6. The van der Waals surface area contributed by atoms with Gasteiger partial charge in [-0.2, -0.15) is 5.26 Å². The van der Waals surface area contributed by atoms with Crippen LogP contribution in [0.4, 0.5) is 5.69 Å². The fraction of sp³-hybridized carbons (Fsp3) is 0.182. The van der Waals surface area contributed by atoms with E-state index >= 15 is 0 Å². The smallest absolute Gasteiger partial charge is 0.342 e. The van der Waals surface area contributed by atoms with Crippen molar-refractivity contribution in [3.63, 3.8) is 0 Å². The summed E-state index contributed by atoms with van der Waals surface area (Å²) in [6, 6.07) is 4.82. The number of rotatable bonds is 6. The molecule has 0 bridgehead atoms. The molecule has 0 radical (unpaired) electrons. The third kappa shape index (κ3) is 3.95. The number of aromatic carboxylic acids is 1. The molecule has 0 saturated carbocycles. The van der Waals surface area contributed by atoms with E-state index in [9.17, 15) is 19.7 Å². The van der Waals surface area contributed by atoms with E-state index in [0.29, 0.717) is 0 Å². The predicted octanol–water partition coefficient (Wildman–Crippen LogP) is 0.312. The maximum absolute atomic E-state index is 11.2. The van der Waals surface area contributed by atoms with E-state index in [4.69, 9.17) is 15.1 Å².